The van der Waals surface area contributed by atoms with Gasteiger partial charge in [0.25, 0.3) is 0 Å². The van der Waals surface area contributed by atoms with Crippen LogP contribution in [0.25, 0.3) is 10.9 Å². The summed E-state index contributed by atoms with van der Waals surface area (Å²) in [5.74, 6) is 0. The van der Waals surface area contributed by atoms with Crippen LogP contribution in [0.3, 0.4) is 0 Å². The highest BCUT2D eigenvalue weighted by Crippen LogP contribution is 2.21. The number of nitrogens with two attached hydrogens (primary N) is 1. The number of nitrogens with zero attached hydrogens (tertiary/aromatic N) is 2. The van der Waals surface area contributed by atoms with Gasteiger partial charge in [0, 0.05) is 36.6 Å². The number of hydrogen-bond donors (Lipinski definition) is 1. The first-order valence-corrected chi connectivity index (χ1v) is 6.00. The predicted molar refractivity (Wildman–Crippen MR) is 69.3 cm³/mol. The SMILES string of the molecule is N#CCCCCn1cc(CN)c2ccccc21. The van der Waals surface area contributed by atoms with Crippen LogP contribution in [-0.4, -0.2) is 4.57 Å². The van der Waals surface area contributed by atoms with E-state index in [0.717, 1.165) is 19.4 Å². The van der Waals surface area contributed by atoms with Gasteiger partial charge in [0.2, 0.25) is 0 Å². The number of aromatic nitrogens is 1. The Kier molecular flexibility index (Phi) is 3.79. The Bertz CT molecular complexity index is 534. The number of nitriles is 1. The van der Waals surface area contributed by atoms with Crippen molar-refractivity contribution < 1.29 is 0 Å². The zero-order valence-electron chi connectivity index (χ0n) is 9.89. The topological polar surface area (TPSA) is 54.7 Å². The van der Waals surface area contributed by atoms with Crippen LogP contribution in [0.15, 0.2) is 30.5 Å². The maximum Gasteiger partial charge on any atom is 0.0621 e. The molecule has 0 amide bonds. The van der Waals surface area contributed by atoms with Crippen LogP contribution in [0, 0.1) is 11.3 Å². The first-order chi connectivity index (χ1) is 8.36. The van der Waals surface area contributed by atoms with E-state index in [0.29, 0.717) is 13.0 Å². The van der Waals surface area contributed by atoms with E-state index in [9.17, 15) is 0 Å². The second-order valence-electron chi connectivity index (χ2n) is 4.18. The molecular weight excluding hydrogens is 210 g/mol. The van der Waals surface area contributed by atoms with E-state index in [4.69, 9.17) is 11.0 Å². The molecule has 1 aromatic carbocycles. The maximum absolute atomic E-state index is 8.50. The molecule has 0 spiro atoms. The number of benzene rings is 1. The average molecular weight is 227 g/mol. The van der Waals surface area contributed by atoms with Crippen molar-refractivity contribution in [3.05, 3.63) is 36.0 Å². The van der Waals surface area contributed by atoms with Gasteiger partial charge in [0.15, 0.2) is 0 Å². The van der Waals surface area contributed by atoms with Crippen molar-refractivity contribution in [1.82, 2.24) is 4.57 Å². The van der Waals surface area contributed by atoms with Crippen molar-refractivity contribution in [3.63, 3.8) is 0 Å². The second-order valence-corrected chi connectivity index (χ2v) is 4.18. The normalized spacial score (nSPS) is 10.6. The third-order valence-corrected chi connectivity index (χ3v) is 3.03. The van der Waals surface area contributed by atoms with Crippen LogP contribution in [0.4, 0.5) is 0 Å². The van der Waals surface area contributed by atoms with Crippen LogP contribution < -0.4 is 5.73 Å². The molecule has 2 N–H and O–H groups in total. The highest BCUT2D eigenvalue weighted by molar-refractivity contribution is 5.83. The molecule has 0 radical (unpaired) electrons. The molecule has 0 bridgehead atoms. The first kappa shape index (κ1) is 11.7. The molecule has 2 aromatic rings. The van der Waals surface area contributed by atoms with Crippen molar-refractivity contribution >= 4 is 10.9 Å². The number of hydrogen-bond acceptors (Lipinski definition) is 2. The zero-order valence-corrected chi connectivity index (χ0v) is 9.89. The molecule has 0 atom stereocenters. The third kappa shape index (κ3) is 2.48. The molecule has 0 aliphatic rings. The molecule has 17 heavy (non-hydrogen) atoms. The van der Waals surface area contributed by atoms with E-state index in [2.05, 4.69) is 35.0 Å². The molecule has 0 aliphatic heterocycles. The smallest absolute Gasteiger partial charge is 0.0621 e. The Morgan fingerprint density at radius 2 is 2.06 bits per heavy atom. The summed E-state index contributed by atoms with van der Waals surface area (Å²) in [5.41, 5.74) is 8.19. The van der Waals surface area contributed by atoms with Crippen LogP contribution in [-0.2, 0) is 13.1 Å². The van der Waals surface area contributed by atoms with Gasteiger partial charge in [-0.1, -0.05) is 18.2 Å². The average Bonchev–Trinajstić information content (AvgIpc) is 2.73. The molecule has 0 saturated carbocycles. The zero-order chi connectivity index (χ0) is 12.1. The van der Waals surface area contributed by atoms with Gasteiger partial charge in [-0.3, -0.25) is 0 Å². The summed E-state index contributed by atoms with van der Waals surface area (Å²) < 4.78 is 2.24. The van der Waals surface area contributed by atoms with E-state index < -0.39 is 0 Å². The van der Waals surface area contributed by atoms with Crippen LogP contribution >= 0.6 is 0 Å². The van der Waals surface area contributed by atoms with Crippen molar-refractivity contribution in [2.75, 3.05) is 0 Å². The van der Waals surface area contributed by atoms with Crippen molar-refractivity contribution in [2.24, 2.45) is 5.73 Å². The first-order valence-electron chi connectivity index (χ1n) is 6.00. The van der Waals surface area contributed by atoms with E-state index in [1.165, 1.54) is 16.5 Å². The van der Waals surface area contributed by atoms with Gasteiger partial charge >= 0.3 is 0 Å². The maximum atomic E-state index is 8.50. The lowest BCUT2D eigenvalue weighted by Crippen LogP contribution is -1.97. The van der Waals surface area contributed by atoms with Gasteiger partial charge in [0.1, 0.15) is 0 Å². The highest BCUT2D eigenvalue weighted by Gasteiger charge is 2.05. The Balaban J connectivity index is 2.19. The quantitative estimate of drug-likeness (QED) is 0.798. The molecule has 3 nitrogen and oxygen atoms in total. The molecule has 0 aliphatic carbocycles. The van der Waals surface area contributed by atoms with Gasteiger partial charge in [-0.05, 0) is 24.5 Å². The summed E-state index contributed by atoms with van der Waals surface area (Å²) in [5, 5.41) is 9.75. The monoisotopic (exact) mass is 227 g/mol. The molecule has 88 valence electrons. The Morgan fingerprint density at radius 1 is 1.24 bits per heavy atom. The van der Waals surface area contributed by atoms with E-state index in [1.54, 1.807) is 0 Å². The van der Waals surface area contributed by atoms with Gasteiger partial charge in [-0.25, -0.2) is 0 Å². The predicted octanol–water partition coefficient (Wildman–Crippen LogP) is 2.79. The molecule has 0 unspecified atom stereocenters. The molecular formula is C14H17N3. The third-order valence-electron chi connectivity index (χ3n) is 3.03. The fraction of sp³-hybridized carbons (Fsp3) is 0.357. The van der Waals surface area contributed by atoms with Crippen LogP contribution in [0.1, 0.15) is 24.8 Å². The molecule has 1 heterocycles. The second kappa shape index (κ2) is 5.51. The summed E-state index contributed by atoms with van der Waals surface area (Å²) in [7, 11) is 0. The van der Waals surface area contributed by atoms with Gasteiger partial charge in [-0.15, -0.1) is 0 Å². The minimum atomic E-state index is 0.575. The van der Waals surface area contributed by atoms with Gasteiger partial charge in [0.05, 0.1) is 6.07 Å². The molecule has 3 heteroatoms. The number of rotatable bonds is 5. The van der Waals surface area contributed by atoms with Gasteiger partial charge < -0.3 is 10.3 Å². The Hall–Kier alpha value is -1.79. The Morgan fingerprint density at radius 3 is 2.82 bits per heavy atom. The Labute approximate surface area is 101 Å². The number of para-hydroxylation sites is 1. The van der Waals surface area contributed by atoms with Crippen LogP contribution in [0.2, 0.25) is 0 Å². The fourth-order valence-corrected chi connectivity index (χ4v) is 2.16. The number of fused-ring (bicyclic) bond motifs is 1. The summed E-state index contributed by atoms with van der Waals surface area (Å²) in [6, 6.07) is 10.5. The van der Waals surface area contributed by atoms with Crippen molar-refractivity contribution in [2.45, 2.75) is 32.4 Å². The summed E-state index contributed by atoms with van der Waals surface area (Å²) in [6.07, 6.45) is 4.77. The minimum absolute atomic E-state index is 0.575. The van der Waals surface area contributed by atoms with E-state index >= 15 is 0 Å². The summed E-state index contributed by atoms with van der Waals surface area (Å²) >= 11 is 0. The lowest BCUT2D eigenvalue weighted by Gasteiger charge is -2.03. The lowest BCUT2D eigenvalue weighted by atomic mass is 10.2. The van der Waals surface area contributed by atoms with Crippen LogP contribution in [0.5, 0.6) is 0 Å². The van der Waals surface area contributed by atoms with Gasteiger partial charge in [-0.2, -0.15) is 5.26 Å². The van der Waals surface area contributed by atoms with E-state index in [-0.39, 0.29) is 0 Å². The molecule has 0 fully saturated rings. The molecule has 0 saturated heterocycles. The lowest BCUT2D eigenvalue weighted by molar-refractivity contribution is 0.631. The number of unbranched alkanes of at least 4 members (excludes halogenated alkanes) is 2. The molecule has 2 rings (SSSR count). The highest BCUT2D eigenvalue weighted by atomic mass is 15.0. The fourth-order valence-electron chi connectivity index (χ4n) is 2.16. The standard InChI is InChI=1S/C14H17N3/c15-8-4-1-5-9-17-11-12(10-16)13-6-2-3-7-14(13)17/h2-3,6-7,11H,1,4-5,9-10,16H2. The van der Waals surface area contributed by atoms with Crippen molar-refractivity contribution in [3.8, 4) is 6.07 Å². The summed E-state index contributed by atoms with van der Waals surface area (Å²) in [6.45, 7) is 1.54. The molecule has 1 aromatic heterocycles. The number of aryl methyl sites for hydroxylation is 1. The van der Waals surface area contributed by atoms with E-state index in [1.807, 2.05) is 6.07 Å². The summed E-state index contributed by atoms with van der Waals surface area (Å²) in [4.78, 5) is 0. The minimum Gasteiger partial charge on any atom is -0.347 e. The van der Waals surface area contributed by atoms with Crippen molar-refractivity contribution in [1.29, 1.82) is 5.26 Å². The largest absolute Gasteiger partial charge is 0.347 e.